The van der Waals surface area contributed by atoms with Gasteiger partial charge >= 0.3 is 0 Å². The van der Waals surface area contributed by atoms with E-state index in [1.807, 2.05) is 5.48 Å². The molecular weight excluding hydrogens is 184 g/mol. The summed E-state index contributed by atoms with van der Waals surface area (Å²) in [6, 6.07) is 0. The topological polar surface area (TPSA) is 67.4 Å². The van der Waals surface area contributed by atoms with Crippen molar-refractivity contribution < 1.29 is 14.4 Å². The van der Waals surface area contributed by atoms with Crippen molar-refractivity contribution in [1.82, 2.24) is 10.8 Å². The number of amides is 2. The SMILES string of the molecule is C=C(C)C(=O)NC.C=CC(=O)NOC. The van der Waals surface area contributed by atoms with Crippen LogP contribution in [0.1, 0.15) is 6.92 Å². The predicted octanol–water partition coefficient (Wildman–Crippen LogP) is 0.158. The first-order valence-corrected chi connectivity index (χ1v) is 3.82. The fourth-order valence-electron chi connectivity index (χ4n) is 0.356. The minimum atomic E-state index is -0.331. The molecule has 0 aromatic heterocycles. The van der Waals surface area contributed by atoms with Crippen LogP contribution in [0.2, 0.25) is 0 Å². The van der Waals surface area contributed by atoms with E-state index in [1.165, 1.54) is 7.11 Å². The van der Waals surface area contributed by atoms with Crippen molar-refractivity contribution in [2.45, 2.75) is 6.92 Å². The van der Waals surface area contributed by atoms with Gasteiger partial charge in [-0.05, 0) is 13.0 Å². The molecule has 0 bridgehead atoms. The van der Waals surface area contributed by atoms with Crippen LogP contribution in [0.4, 0.5) is 0 Å². The maximum Gasteiger partial charge on any atom is 0.266 e. The highest BCUT2D eigenvalue weighted by Gasteiger charge is 1.92. The van der Waals surface area contributed by atoms with E-state index in [-0.39, 0.29) is 11.8 Å². The summed E-state index contributed by atoms with van der Waals surface area (Å²) >= 11 is 0. The zero-order valence-electron chi connectivity index (χ0n) is 8.72. The van der Waals surface area contributed by atoms with Crippen LogP contribution in [-0.4, -0.2) is 26.0 Å². The fourth-order valence-corrected chi connectivity index (χ4v) is 0.356. The van der Waals surface area contributed by atoms with Gasteiger partial charge < -0.3 is 5.32 Å². The number of nitrogens with one attached hydrogen (secondary N) is 2. The number of hydroxylamine groups is 1. The van der Waals surface area contributed by atoms with Gasteiger partial charge in [-0.2, -0.15) is 0 Å². The Morgan fingerprint density at radius 3 is 2.00 bits per heavy atom. The molecule has 0 aliphatic heterocycles. The lowest BCUT2D eigenvalue weighted by Gasteiger charge is -1.91. The molecule has 5 nitrogen and oxygen atoms in total. The van der Waals surface area contributed by atoms with Gasteiger partial charge in [0.05, 0.1) is 7.11 Å². The predicted molar refractivity (Wildman–Crippen MR) is 54.2 cm³/mol. The van der Waals surface area contributed by atoms with Crippen molar-refractivity contribution in [2.75, 3.05) is 14.2 Å². The number of carbonyl (C=O) groups is 2. The molecule has 0 radical (unpaired) electrons. The Bertz CT molecular complexity index is 222. The molecule has 14 heavy (non-hydrogen) atoms. The van der Waals surface area contributed by atoms with Gasteiger partial charge in [-0.25, -0.2) is 5.48 Å². The first-order valence-electron chi connectivity index (χ1n) is 3.82. The maximum absolute atomic E-state index is 10.3. The van der Waals surface area contributed by atoms with Gasteiger partial charge in [0.15, 0.2) is 0 Å². The van der Waals surface area contributed by atoms with Crippen molar-refractivity contribution in [1.29, 1.82) is 0 Å². The summed E-state index contributed by atoms with van der Waals surface area (Å²) in [5, 5.41) is 2.43. The Morgan fingerprint density at radius 1 is 1.43 bits per heavy atom. The lowest BCUT2D eigenvalue weighted by molar-refractivity contribution is -0.126. The van der Waals surface area contributed by atoms with E-state index in [4.69, 9.17) is 0 Å². The minimum absolute atomic E-state index is 0.0972. The van der Waals surface area contributed by atoms with Gasteiger partial charge in [0.25, 0.3) is 5.91 Å². The molecule has 0 fully saturated rings. The van der Waals surface area contributed by atoms with Crippen LogP contribution in [0.3, 0.4) is 0 Å². The molecular formula is C9H16N2O3. The Balaban J connectivity index is 0. The minimum Gasteiger partial charge on any atom is -0.355 e. The summed E-state index contributed by atoms with van der Waals surface area (Å²) in [4.78, 5) is 24.6. The van der Waals surface area contributed by atoms with E-state index < -0.39 is 0 Å². The standard InChI is InChI=1S/C5H9NO.C4H7NO2/c1-4(2)5(7)6-3;1-3-4(6)5-7-2/h1H2,2-3H3,(H,6,7);3H,1H2,2H3,(H,5,6). The van der Waals surface area contributed by atoms with E-state index in [0.717, 1.165) is 6.08 Å². The van der Waals surface area contributed by atoms with E-state index in [2.05, 4.69) is 23.3 Å². The van der Waals surface area contributed by atoms with Crippen LogP contribution in [0.5, 0.6) is 0 Å². The van der Waals surface area contributed by atoms with Gasteiger partial charge in [-0.15, -0.1) is 0 Å². The molecule has 5 heteroatoms. The molecule has 0 aliphatic carbocycles. The summed E-state index contributed by atoms with van der Waals surface area (Å²) in [5.74, 6) is -0.428. The summed E-state index contributed by atoms with van der Waals surface area (Å²) in [6.45, 7) is 8.27. The van der Waals surface area contributed by atoms with Crippen LogP contribution < -0.4 is 10.8 Å². The number of carbonyl (C=O) groups excluding carboxylic acids is 2. The van der Waals surface area contributed by atoms with E-state index in [0.29, 0.717) is 5.57 Å². The molecule has 0 aromatic rings. The van der Waals surface area contributed by atoms with E-state index in [9.17, 15) is 9.59 Å². The van der Waals surface area contributed by atoms with Crippen molar-refractivity contribution in [3.05, 3.63) is 24.8 Å². The second-order valence-corrected chi connectivity index (χ2v) is 2.23. The van der Waals surface area contributed by atoms with Crippen LogP contribution in [-0.2, 0) is 14.4 Å². The smallest absolute Gasteiger partial charge is 0.266 e. The van der Waals surface area contributed by atoms with Crippen molar-refractivity contribution in [3.63, 3.8) is 0 Å². The zero-order valence-corrected chi connectivity index (χ0v) is 8.72. The second-order valence-electron chi connectivity index (χ2n) is 2.23. The van der Waals surface area contributed by atoms with Crippen LogP contribution >= 0.6 is 0 Å². The van der Waals surface area contributed by atoms with Gasteiger partial charge in [0, 0.05) is 12.6 Å². The van der Waals surface area contributed by atoms with Crippen LogP contribution in [0.15, 0.2) is 24.8 Å². The highest BCUT2D eigenvalue weighted by molar-refractivity contribution is 5.91. The largest absolute Gasteiger partial charge is 0.355 e. The Morgan fingerprint density at radius 2 is 1.93 bits per heavy atom. The number of hydrogen-bond acceptors (Lipinski definition) is 3. The molecule has 0 aromatic carbocycles. The van der Waals surface area contributed by atoms with Gasteiger partial charge in [0.1, 0.15) is 0 Å². The zero-order chi connectivity index (χ0) is 11.6. The fraction of sp³-hybridized carbons (Fsp3) is 0.333. The van der Waals surface area contributed by atoms with Crippen molar-refractivity contribution in [2.24, 2.45) is 0 Å². The molecule has 0 aliphatic rings. The number of rotatable bonds is 3. The highest BCUT2D eigenvalue weighted by Crippen LogP contribution is 1.81. The highest BCUT2D eigenvalue weighted by atomic mass is 16.6. The molecule has 0 saturated carbocycles. The van der Waals surface area contributed by atoms with E-state index in [1.54, 1.807) is 14.0 Å². The lowest BCUT2D eigenvalue weighted by atomic mass is 10.3. The van der Waals surface area contributed by atoms with Crippen LogP contribution in [0.25, 0.3) is 0 Å². The molecule has 80 valence electrons. The summed E-state index contributed by atoms with van der Waals surface area (Å²) in [7, 11) is 2.94. The quantitative estimate of drug-likeness (QED) is 0.503. The third-order valence-electron chi connectivity index (χ3n) is 1.00. The number of hydrogen-bond donors (Lipinski definition) is 2. The van der Waals surface area contributed by atoms with E-state index >= 15 is 0 Å². The Hall–Kier alpha value is -1.62. The molecule has 0 atom stereocenters. The molecule has 0 saturated heterocycles. The average Bonchev–Trinajstić information content (AvgIpc) is 2.17. The van der Waals surface area contributed by atoms with Crippen molar-refractivity contribution in [3.8, 4) is 0 Å². The molecule has 0 spiro atoms. The molecule has 2 N–H and O–H groups in total. The molecule has 2 amide bonds. The third kappa shape index (κ3) is 10.4. The second kappa shape index (κ2) is 9.47. The van der Waals surface area contributed by atoms with Gasteiger partial charge in [0.2, 0.25) is 5.91 Å². The molecule has 0 unspecified atom stereocenters. The Labute approximate surface area is 83.8 Å². The Kier molecular flexibility index (Phi) is 10.1. The first-order chi connectivity index (χ1) is 6.49. The monoisotopic (exact) mass is 200 g/mol. The third-order valence-corrected chi connectivity index (χ3v) is 1.00. The van der Waals surface area contributed by atoms with Crippen molar-refractivity contribution >= 4 is 11.8 Å². The van der Waals surface area contributed by atoms with Crippen LogP contribution in [0, 0.1) is 0 Å². The molecule has 0 rings (SSSR count). The van der Waals surface area contributed by atoms with Gasteiger partial charge in [-0.1, -0.05) is 13.2 Å². The molecule has 0 heterocycles. The normalized spacial score (nSPS) is 7.64. The first kappa shape index (κ1) is 14.9. The summed E-state index contributed by atoms with van der Waals surface area (Å²) < 4.78 is 0. The maximum atomic E-state index is 10.3. The number of likely N-dealkylation sites (N-methyl/N-ethyl adjacent to an activating group) is 1. The summed E-state index contributed by atoms with van der Waals surface area (Å²) in [5.41, 5.74) is 2.58. The summed E-state index contributed by atoms with van der Waals surface area (Å²) in [6.07, 6.45) is 1.13. The van der Waals surface area contributed by atoms with Gasteiger partial charge in [-0.3, -0.25) is 14.4 Å². The lowest BCUT2D eigenvalue weighted by Crippen LogP contribution is -2.18. The average molecular weight is 200 g/mol.